The minimum absolute atomic E-state index is 0.0688. The molecule has 3 rings (SSSR count). The third-order valence-electron chi connectivity index (χ3n) is 5.07. The van der Waals surface area contributed by atoms with E-state index in [1.165, 1.54) is 44.4 Å². The Morgan fingerprint density at radius 1 is 0.943 bits per heavy atom. The molecule has 0 aliphatic carbocycles. The molecular formula is C24H25FN4O4S2. The van der Waals surface area contributed by atoms with E-state index in [1.54, 1.807) is 42.5 Å². The molecule has 0 radical (unpaired) electrons. The Hall–Kier alpha value is -3.41. The highest BCUT2D eigenvalue weighted by atomic mass is 32.2. The second-order valence-corrected chi connectivity index (χ2v) is 10.3. The molecule has 0 aliphatic heterocycles. The van der Waals surface area contributed by atoms with E-state index in [9.17, 15) is 22.4 Å². The van der Waals surface area contributed by atoms with Crippen molar-refractivity contribution in [1.82, 2.24) is 9.62 Å². The van der Waals surface area contributed by atoms with Crippen LogP contribution in [0.5, 0.6) is 0 Å². The van der Waals surface area contributed by atoms with Crippen LogP contribution in [-0.4, -0.2) is 45.3 Å². The molecule has 0 aliphatic rings. The number of hydrogen-bond acceptors (Lipinski definition) is 5. The summed E-state index contributed by atoms with van der Waals surface area (Å²) in [6, 6.07) is 18.0. The van der Waals surface area contributed by atoms with Crippen molar-refractivity contribution in [3.05, 3.63) is 89.7 Å². The first kappa shape index (κ1) is 26.2. The summed E-state index contributed by atoms with van der Waals surface area (Å²) < 4.78 is 40.3. The quantitative estimate of drug-likeness (QED) is 0.395. The van der Waals surface area contributed by atoms with E-state index in [0.717, 1.165) is 14.2 Å². The number of nitrogens with one attached hydrogen (secondary N) is 2. The molecule has 0 spiro atoms. The zero-order valence-corrected chi connectivity index (χ0v) is 20.8. The third-order valence-corrected chi connectivity index (χ3v) is 7.31. The number of amides is 3. The molecule has 3 amide bonds. The van der Waals surface area contributed by atoms with E-state index >= 15 is 0 Å². The van der Waals surface area contributed by atoms with Gasteiger partial charge in [-0.2, -0.15) is 0 Å². The molecule has 8 nitrogen and oxygen atoms in total. The van der Waals surface area contributed by atoms with Crippen LogP contribution in [0.15, 0.2) is 77.7 Å². The van der Waals surface area contributed by atoms with Gasteiger partial charge in [-0.15, -0.1) is 0 Å². The summed E-state index contributed by atoms with van der Waals surface area (Å²) in [5.41, 5.74) is 1.70. The Morgan fingerprint density at radius 3 is 2.17 bits per heavy atom. The molecule has 3 aromatic carbocycles. The van der Waals surface area contributed by atoms with Crippen molar-refractivity contribution in [2.24, 2.45) is 0 Å². The van der Waals surface area contributed by atoms with E-state index in [0.29, 0.717) is 24.3 Å². The second-order valence-electron chi connectivity index (χ2n) is 7.71. The van der Waals surface area contributed by atoms with Crippen molar-refractivity contribution in [1.29, 1.82) is 0 Å². The number of carbonyl (C=O) groups is 2. The van der Waals surface area contributed by atoms with Crippen molar-refractivity contribution >= 4 is 46.2 Å². The van der Waals surface area contributed by atoms with Crippen LogP contribution in [0, 0.1) is 5.82 Å². The number of rotatable bonds is 8. The highest BCUT2D eigenvalue weighted by Gasteiger charge is 2.17. The van der Waals surface area contributed by atoms with Gasteiger partial charge < -0.3 is 10.6 Å². The number of hydrogen-bond donors (Lipinski definition) is 3. The molecule has 2 N–H and O–H groups in total. The smallest absolute Gasteiger partial charge is 0.331 e. The van der Waals surface area contributed by atoms with Crippen LogP contribution in [0.1, 0.15) is 15.9 Å². The highest BCUT2D eigenvalue weighted by Crippen LogP contribution is 2.21. The Bertz CT molecular complexity index is 1300. The Balaban J connectivity index is 1.51. The lowest BCUT2D eigenvalue weighted by molar-refractivity contribution is 0.102. The summed E-state index contributed by atoms with van der Waals surface area (Å²) in [7, 11) is -0.549. The number of nitrogens with zero attached hydrogens (tertiary/aromatic N) is 2. The molecule has 0 heterocycles. The second kappa shape index (κ2) is 11.3. The zero-order chi connectivity index (χ0) is 25.6. The van der Waals surface area contributed by atoms with E-state index in [4.69, 9.17) is 0 Å². The van der Waals surface area contributed by atoms with Gasteiger partial charge in [-0.3, -0.25) is 4.79 Å². The van der Waals surface area contributed by atoms with Crippen molar-refractivity contribution in [3.63, 3.8) is 0 Å². The first-order valence-electron chi connectivity index (χ1n) is 10.5. The Labute approximate surface area is 209 Å². The van der Waals surface area contributed by atoms with Crippen LogP contribution in [-0.2, 0) is 16.4 Å². The van der Waals surface area contributed by atoms with Gasteiger partial charge in [-0.05, 0) is 60.5 Å². The number of carbonyl (C=O) groups excluding carboxylic acids is 2. The van der Waals surface area contributed by atoms with E-state index in [-0.39, 0.29) is 10.5 Å². The van der Waals surface area contributed by atoms with Crippen LogP contribution in [0.4, 0.5) is 20.6 Å². The first-order chi connectivity index (χ1) is 16.6. The zero-order valence-electron chi connectivity index (χ0n) is 19.1. The summed E-state index contributed by atoms with van der Waals surface area (Å²) in [5, 5.41) is 5.34. The average molecular weight is 517 g/mol. The van der Waals surface area contributed by atoms with Crippen LogP contribution in [0.2, 0.25) is 0 Å². The number of benzene rings is 3. The number of anilines is 2. The van der Waals surface area contributed by atoms with E-state index in [2.05, 4.69) is 23.4 Å². The van der Waals surface area contributed by atoms with Gasteiger partial charge in [0.25, 0.3) is 5.91 Å². The summed E-state index contributed by atoms with van der Waals surface area (Å²) >= 11 is 4.23. The number of halogens is 1. The monoisotopic (exact) mass is 516 g/mol. The maximum atomic E-state index is 13.8. The van der Waals surface area contributed by atoms with Crippen molar-refractivity contribution in [2.45, 2.75) is 11.3 Å². The Kier molecular flexibility index (Phi) is 8.49. The molecule has 0 atom stereocenters. The average Bonchev–Trinajstić information content (AvgIpc) is 2.84. The fraction of sp³-hybridized carbons (Fsp3) is 0.167. The molecule has 184 valence electrons. The lowest BCUT2D eigenvalue weighted by Gasteiger charge is -2.17. The summed E-state index contributed by atoms with van der Waals surface area (Å²) in [6.45, 7) is 0.312. The van der Waals surface area contributed by atoms with Gasteiger partial charge in [0.2, 0.25) is 10.0 Å². The first-order valence-corrected chi connectivity index (χ1v) is 12.4. The van der Waals surface area contributed by atoms with Gasteiger partial charge in [-0.1, -0.05) is 37.1 Å². The lowest BCUT2D eigenvalue weighted by Crippen LogP contribution is -2.35. The molecule has 35 heavy (non-hydrogen) atoms. The third kappa shape index (κ3) is 6.59. The molecule has 0 fully saturated rings. The number of sulfonamides is 1. The molecule has 11 heteroatoms. The fourth-order valence-electron chi connectivity index (χ4n) is 3.07. The van der Waals surface area contributed by atoms with Gasteiger partial charge >= 0.3 is 6.03 Å². The minimum Gasteiger partial charge on any atom is -0.337 e. The molecule has 0 aromatic heterocycles. The minimum atomic E-state index is -3.49. The van der Waals surface area contributed by atoms with E-state index in [1.807, 2.05) is 0 Å². The van der Waals surface area contributed by atoms with Gasteiger partial charge in [0, 0.05) is 26.3 Å². The van der Waals surface area contributed by atoms with E-state index < -0.39 is 27.8 Å². The summed E-state index contributed by atoms with van der Waals surface area (Å²) in [4.78, 5) is 24.8. The van der Waals surface area contributed by atoms with Crippen molar-refractivity contribution < 1.29 is 22.4 Å². The SMILES string of the molecule is CN(C)S(=O)(=O)c1ccc(CCNC(=O)N(S)c2ccc(NC(=O)c3ccccc3F)cc2)cc1. The summed E-state index contributed by atoms with van der Waals surface area (Å²) in [6.07, 6.45) is 0.497. The summed E-state index contributed by atoms with van der Waals surface area (Å²) in [5.74, 6) is -1.20. The highest BCUT2D eigenvalue weighted by molar-refractivity contribution is 7.89. The van der Waals surface area contributed by atoms with Gasteiger partial charge in [0.05, 0.1) is 16.1 Å². The van der Waals surface area contributed by atoms with Crippen LogP contribution in [0.3, 0.4) is 0 Å². The largest absolute Gasteiger partial charge is 0.337 e. The topological polar surface area (TPSA) is 98.8 Å². The predicted octanol–water partition coefficient (Wildman–Crippen LogP) is 3.93. The fourth-order valence-corrected chi connectivity index (χ4v) is 4.18. The van der Waals surface area contributed by atoms with Crippen LogP contribution in [0.25, 0.3) is 0 Å². The predicted molar refractivity (Wildman–Crippen MR) is 137 cm³/mol. The molecule has 0 saturated carbocycles. The molecule has 0 bridgehead atoms. The maximum Gasteiger partial charge on any atom is 0.331 e. The van der Waals surface area contributed by atoms with Crippen molar-refractivity contribution in [3.8, 4) is 0 Å². The van der Waals surface area contributed by atoms with Gasteiger partial charge in [0.1, 0.15) is 5.82 Å². The Morgan fingerprint density at radius 2 is 1.57 bits per heavy atom. The number of urea groups is 1. The van der Waals surface area contributed by atoms with Gasteiger partial charge in [-0.25, -0.2) is 26.2 Å². The molecular weight excluding hydrogens is 491 g/mol. The standard InChI is InChI=1S/C24H25FN4O4S2/c1-28(2)35(32,33)20-13-7-17(8-14-20)15-16-26-24(31)29(34)19-11-9-18(10-12-19)27-23(30)21-5-3-4-6-22(21)25/h3-14,34H,15-16H2,1-2H3,(H,26,31)(H,27,30). The van der Waals surface area contributed by atoms with Crippen molar-refractivity contribution in [2.75, 3.05) is 30.3 Å². The van der Waals surface area contributed by atoms with Gasteiger partial charge in [0.15, 0.2) is 0 Å². The van der Waals surface area contributed by atoms with Crippen LogP contribution >= 0.6 is 12.8 Å². The number of thiol groups is 1. The van der Waals surface area contributed by atoms with Crippen LogP contribution < -0.4 is 14.9 Å². The molecule has 0 saturated heterocycles. The maximum absolute atomic E-state index is 13.8. The molecule has 0 unspecified atom stereocenters. The lowest BCUT2D eigenvalue weighted by atomic mass is 10.1. The normalized spacial score (nSPS) is 11.2. The molecule has 3 aromatic rings.